The Labute approximate surface area is 59.7 Å². The summed E-state index contributed by atoms with van der Waals surface area (Å²) in [4.78, 5) is 4.10. The first-order chi connectivity index (χ1) is 4.36. The molecular formula is C5H9N3S. The van der Waals surface area contributed by atoms with Crippen molar-refractivity contribution >= 4 is 19.0 Å². The number of rotatable bonds is 0. The lowest BCUT2D eigenvalue weighted by Crippen LogP contribution is -2.29. The van der Waals surface area contributed by atoms with E-state index in [1.807, 2.05) is 6.34 Å². The molecule has 0 bridgehead atoms. The van der Waals surface area contributed by atoms with E-state index in [2.05, 4.69) is 27.6 Å². The highest BCUT2D eigenvalue weighted by Crippen LogP contribution is 2.15. The maximum atomic E-state index is 4.35. The van der Waals surface area contributed by atoms with E-state index < -0.39 is 0 Å². The van der Waals surface area contributed by atoms with E-state index in [0.717, 1.165) is 19.8 Å². The number of fused-ring (bicyclic) bond motifs is 1. The van der Waals surface area contributed by atoms with Crippen molar-refractivity contribution in [3.05, 3.63) is 0 Å². The zero-order chi connectivity index (χ0) is 6.27. The molecule has 0 aliphatic carbocycles. The van der Waals surface area contributed by atoms with Gasteiger partial charge in [-0.05, 0) is 0 Å². The van der Waals surface area contributed by atoms with Crippen LogP contribution in [0.2, 0.25) is 0 Å². The minimum atomic E-state index is 0.511. The maximum Gasteiger partial charge on any atom is 0.110 e. The van der Waals surface area contributed by atoms with Crippen molar-refractivity contribution in [2.24, 2.45) is 4.99 Å². The van der Waals surface area contributed by atoms with Crippen LogP contribution >= 0.6 is 12.6 Å². The van der Waals surface area contributed by atoms with Crippen molar-refractivity contribution in [2.45, 2.75) is 5.25 Å². The Morgan fingerprint density at radius 2 is 2.44 bits per heavy atom. The molecule has 50 valence electrons. The van der Waals surface area contributed by atoms with Crippen LogP contribution in [0.4, 0.5) is 0 Å². The Balaban J connectivity index is 2.08. The molecule has 0 saturated carbocycles. The van der Waals surface area contributed by atoms with Crippen molar-refractivity contribution in [2.75, 3.05) is 19.8 Å². The summed E-state index contributed by atoms with van der Waals surface area (Å²) in [5, 5.41) is 4.83. The first-order valence-electron chi connectivity index (χ1n) is 3.06. The van der Waals surface area contributed by atoms with Gasteiger partial charge >= 0.3 is 0 Å². The smallest absolute Gasteiger partial charge is 0.110 e. The van der Waals surface area contributed by atoms with E-state index >= 15 is 0 Å². The average Bonchev–Trinajstić information content (AvgIpc) is 2.22. The predicted octanol–water partition coefficient (Wildman–Crippen LogP) is -0.183. The van der Waals surface area contributed by atoms with Crippen LogP contribution in [0.1, 0.15) is 0 Å². The molecule has 0 amide bonds. The molecule has 0 radical (unpaired) electrons. The SMILES string of the molecule is S[C@H]1CN2C=NCN2C1. The van der Waals surface area contributed by atoms with Gasteiger partial charge in [0.25, 0.3) is 0 Å². The van der Waals surface area contributed by atoms with Gasteiger partial charge < -0.3 is 0 Å². The van der Waals surface area contributed by atoms with Gasteiger partial charge in [0.15, 0.2) is 0 Å². The largest absolute Gasteiger partial charge is 0.293 e. The van der Waals surface area contributed by atoms with Crippen molar-refractivity contribution in [1.82, 2.24) is 10.0 Å². The summed E-state index contributed by atoms with van der Waals surface area (Å²) in [6.45, 7) is 2.90. The summed E-state index contributed by atoms with van der Waals surface area (Å²) < 4.78 is 0. The highest BCUT2D eigenvalue weighted by molar-refractivity contribution is 7.81. The number of hydrogen-bond acceptors (Lipinski definition) is 4. The van der Waals surface area contributed by atoms with Gasteiger partial charge in [-0.25, -0.2) is 0 Å². The Bertz CT molecular complexity index is 147. The van der Waals surface area contributed by atoms with Gasteiger partial charge in [0.05, 0.1) is 0 Å². The molecule has 2 aliphatic rings. The van der Waals surface area contributed by atoms with E-state index in [1.54, 1.807) is 0 Å². The minimum absolute atomic E-state index is 0.511. The zero-order valence-electron chi connectivity index (χ0n) is 5.06. The fourth-order valence-corrected chi connectivity index (χ4v) is 1.58. The van der Waals surface area contributed by atoms with Crippen LogP contribution in [0.5, 0.6) is 0 Å². The molecule has 0 spiro atoms. The highest BCUT2D eigenvalue weighted by Gasteiger charge is 2.28. The fourth-order valence-electron chi connectivity index (χ4n) is 1.22. The Kier molecular flexibility index (Phi) is 1.16. The molecular weight excluding hydrogens is 134 g/mol. The third kappa shape index (κ3) is 0.822. The summed E-state index contributed by atoms with van der Waals surface area (Å²) in [7, 11) is 0. The topological polar surface area (TPSA) is 18.8 Å². The molecule has 3 nitrogen and oxygen atoms in total. The van der Waals surface area contributed by atoms with Crippen LogP contribution < -0.4 is 0 Å². The first-order valence-corrected chi connectivity index (χ1v) is 3.57. The maximum absolute atomic E-state index is 4.35. The van der Waals surface area contributed by atoms with E-state index in [4.69, 9.17) is 0 Å². The minimum Gasteiger partial charge on any atom is -0.293 e. The molecule has 0 aromatic carbocycles. The van der Waals surface area contributed by atoms with Crippen molar-refractivity contribution < 1.29 is 0 Å². The van der Waals surface area contributed by atoms with Crippen molar-refractivity contribution in [1.29, 1.82) is 0 Å². The summed E-state index contributed by atoms with van der Waals surface area (Å²) >= 11 is 4.35. The van der Waals surface area contributed by atoms with Gasteiger partial charge in [0, 0.05) is 18.3 Å². The van der Waals surface area contributed by atoms with Gasteiger partial charge in [-0.1, -0.05) is 0 Å². The van der Waals surface area contributed by atoms with E-state index in [9.17, 15) is 0 Å². The van der Waals surface area contributed by atoms with Gasteiger partial charge in [-0.15, -0.1) is 0 Å². The number of aliphatic imine (C=N–C) groups is 1. The van der Waals surface area contributed by atoms with Crippen LogP contribution in [0.3, 0.4) is 0 Å². The number of hydrazine groups is 1. The fraction of sp³-hybridized carbons (Fsp3) is 0.800. The van der Waals surface area contributed by atoms with Gasteiger partial charge in [-0.3, -0.25) is 10.0 Å². The third-order valence-electron chi connectivity index (χ3n) is 1.64. The third-order valence-corrected chi connectivity index (χ3v) is 1.97. The van der Waals surface area contributed by atoms with Crippen LogP contribution in [-0.4, -0.2) is 41.4 Å². The quantitative estimate of drug-likeness (QED) is 0.474. The normalized spacial score (nSPS) is 33.9. The lowest BCUT2D eigenvalue weighted by molar-refractivity contribution is 0.139. The van der Waals surface area contributed by atoms with E-state index in [0.29, 0.717) is 5.25 Å². The van der Waals surface area contributed by atoms with E-state index in [1.165, 1.54) is 0 Å². The molecule has 0 aromatic heterocycles. The molecule has 1 fully saturated rings. The van der Waals surface area contributed by atoms with E-state index in [-0.39, 0.29) is 0 Å². The van der Waals surface area contributed by atoms with Crippen LogP contribution in [-0.2, 0) is 0 Å². The molecule has 9 heavy (non-hydrogen) atoms. The van der Waals surface area contributed by atoms with Crippen molar-refractivity contribution in [3.8, 4) is 0 Å². The molecule has 0 unspecified atom stereocenters. The van der Waals surface area contributed by atoms with Gasteiger partial charge in [-0.2, -0.15) is 17.6 Å². The van der Waals surface area contributed by atoms with Gasteiger partial charge in [0.1, 0.15) is 13.0 Å². The van der Waals surface area contributed by atoms with Crippen LogP contribution in [0, 0.1) is 0 Å². The summed E-state index contributed by atoms with van der Waals surface area (Å²) in [6, 6.07) is 0. The second-order valence-corrected chi connectivity index (χ2v) is 3.13. The second-order valence-electron chi connectivity index (χ2n) is 2.40. The Morgan fingerprint density at radius 1 is 1.56 bits per heavy atom. The lowest BCUT2D eigenvalue weighted by atomic mass is 10.4. The van der Waals surface area contributed by atoms with Crippen molar-refractivity contribution in [3.63, 3.8) is 0 Å². The highest BCUT2D eigenvalue weighted by atomic mass is 32.1. The molecule has 0 aromatic rings. The number of nitrogens with zero attached hydrogens (tertiary/aromatic N) is 3. The zero-order valence-corrected chi connectivity index (χ0v) is 5.96. The summed E-state index contributed by atoms with van der Waals surface area (Å²) in [5.41, 5.74) is 0. The van der Waals surface area contributed by atoms with Gasteiger partial charge in [0.2, 0.25) is 0 Å². The molecule has 1 atom stereocenters. The number of hydrogen-bond donors (Lipinski definition) is 1. The first kappa shape index (κ1) is 5.56. The molecule has 2 heterocycles. The molecule has 2 aliphatic heterocycles. The molecule has 2 rings (SSSR count). The Morgan fingerprint density at radius 3 is 3.22 bits per heavy atom. The lowest BCUT2D eigenvalue weighted by Gasteiger charge is -2.15. The van der Waals surface area contributed by atoms with Crippen LogP contribution in [0.15, 0.2) is 4.99 Å². The van der Waals surface area contributed by atoms with Crippen LogP contribution in [0.25, 0.3) is 0 Å². The standard InChI is InChI=1S/C5H9N3S/c9-5-1-7-3-6-4-8(7)2-5/h3,5,9H,1-2,4H2/t5-/m0/s1. The summed E-state index contributed by atoms with van der Waals surface area (Å²) in [5.74, 6) is 0. The summed E-state index contributed by atoms with van der Waals surface area (Å²) in [6.07, 6.45) is 1.89. The monoisotopic (exact) mass is 143 g/mol. The second kappa shape index (κ2) is 1.88. The molecule has 0 N–H and O–H groups in total. The predicted molar refractivity (Wildman–Crippen MR) is 39.5 cm³/mol. The molecule has 1 saturated heterocycles. The Hall–Kier alpha value is -0.220. The molecule has 4 heteroatoms. The number of thiol groups is 1. The average molecular weight is 143 g/mol.